The summed E-state index contributed by atoms with van der Waals surface area (Å²) in [4.78, 5) is 4.77. The highest BCUT2D eigenvalue weighted by Gasteiger charge is 2.41. The van der Waals surface area contributed by atoms with E-state index in [0.29, 0.717) is 17.8 Å². The predicted octanol–water partition coefficient (Wildman–Crippen LogP) is 2.12. The molecule has 0 amide bonds. The van der Waals surface area contributed by atoms with E-state index in [9.17, 15) is 0 Å². The minimum Gasteiger partial charge on any atom is -0.419 e. The third-order valence-corrected chi connectivity index (χ3v) is 5.25. The first-order chi connectivity index (χ1) is 11.6. The van der Waals surface area contributed by atoms with Gasteiger partial charge < -0.3 is 9.15 Å². The Kier molecular flexibility index (Phi) is 4.12. The molecule has 0 bridgehead atoms. The van der Waals surface area contributed by atoms with Crippen molar-refractivity contribution < 1.29 is 9.15 Å². The van der Waals surface area contributed by atoms with Crippen molar-refractivity contribution in [2.24, 2.45) is 0 Å². The Morgan fingerprint density at radius 2 is 1.96 bits per heavy atom. The average molecular weight is 328 g/mol. The van der Waals surface area contributed by atoms with Crippen LogP contribution in [0.5, 0.6) is 0 Å². The summed E-state index contributed by atoms with van der Waals surface area (Å²) >= 11 is 0. The number of aryl methyl sites for hydroxylation is 1. The molecule has 0 radical (unpaired) electrons. The maximum Gasteiger partial charge on any atom is 0.247 e. The number of nitrogens with zero attached hydrogens (tertiary/aromatic N) is 4. The summed E-state index contributed by atoms with van der Waals surface area (Å²) in [5.41, 5.74) is 2.18. The molecule has 2 aromatic rings. The molecule has 4 rings (SSSR count). The Balaban J connectivity index is 1.49. The zero-order valence-electron chi connectivity index (χ0n) is 14.5. The van der Waals surface area contributed by atoms with Crippen molar-refractivity contribution >= 4 is 0 Å². The van der Waals surface area contributed by atoms with E-state index in [2.05, 4.69) is 53.0 Å². The molecule has 0 spiro atoms. The van der Waals surface area contributed by atoms with Gasteiger partial charge in [-0.25, -0.2) is 0 Å². The number of hydrogen-bond acceptors (Lipinski definition) is 6. The van der Waals surface area contributed by atoms with Crippen molar-refractivity contribution in [3.63, 3.8) is 0 Å². The number of benzene rings is 1. The smallest absolute Gasteiger partial charge is 0.247 e. The van der Waals surface area contributed by atoms with Gasteiger partial charge in [-0.2, -0.15) is 0 Å². The van der Waals surface area contributed by atoms with Gasteiger partial charge in [0.1, 0.15) is 0 Å². The molecule has 128 valence electrons. The average Bonchev–Trinajstić information content (AvgIpc) is 3.23. The van der Waals surface area contributed by atoms with Crippen molar-refractivity contribution in [1.29, 1.82) is 0 Å². The Morgan fingerprint density at radius 1 is 1.17 bits per heavy atom. The molecule has 6 heteroatoms. The molecule has 2 saturated heterocycles. The Morgan fingerprint density at radius 3 is 2.71 bits per heavy atom. The fraction of sp³-hybridized carbons (Fsp3) is 0.556. The number of morpholine rings is 1. The lowest BCUT2D eigenvalue weighted by molar-refractivity contribution is -0.0372. The molecule has 2 fully saturated rings. The quantitative estimate of drug-likeness (QED) is 0.860. The maximum atomic E-state index is 5.95. The van der Waals surface area contributed by atoms with Crippen LogP contribution in [-0.2, 0) is 4.74 Å². The summed E-state index contributed by atoms with van der Waals surface area (Å²) in [6, 6.07) is 8.71. The van der Waals surface area contributed by atoms with Crippen molar-refractivity contribution in [3.8, 4) is 11.5 Å². The second-order valence-corrected chi connectivity index (χ2v) is 6.90. The fourth-order valence-corrected chi connectivity index (χ4v) is 3.57. The van der Waals surface area contributed by atoms with Gasteiger partial charge in [0.25, 0.3) is 0 Å². The molecule has 0 saturated carbocycles. The summed E-state index contributed by atoms with van der Waals surface area (Å²) in [5.74, 6) is 1.26. The number of rotatable bonds is 3. The molecule has 6 nitrogen and oxygen atoms in total. The van der Waals surface area contributed by atoms with Gasteiger partial charge in [0.15, 0.2) is 0 Å². The van der Waals surface area contributed by atoms with E-state index >= 15 is 0 Å². The summed E-state index contributed by atoms with van der Waals surface area (Å²) in [7, 11) is 2.18. The number of ether oxygens (including phenoxy) is 1. The molecule has 3 heterocycles. The highest BCUT2D eigenvalue weighted by atomic mass is 16.5. The van der Waals surface area contributed by atoms with Crippen LogP contribution in [-0.4, -0.2) is 65.4 Å². The molecule has 2 aliphatic heterocycles. The molecule has 0 unspecified atom stereocenters. The van der Waals surface area contributed by atoms with E-state index in [1.54, 1.807) is 0 Å². The highest BCUT2D eigenvalue weighted by molar-refractivity contribution is 5.52. The lowest BCUT2D eigenvalue weighted by Gasteiger charge is -2.33. The van der Waals surface area contributed by atoms with Crippen molar-refractivity contribution in [2.45, 2.75) is 32.0 Å². The minimum atomic E-state index is 0.0966. The zero-order chi connectivity index (χ0) is 16.7. The summed E-state index contributed by atoms with van der Waals surface area (Å²) in [6.07, 6.45) is 0.283. The SMILES string of the molecule is Cc1ccc(-c2nnc([C@H](C)N3C[C@@H]4OCCN(C)[C@H]4C3)o2)cc1. The zero-order valence-corrected chi connectivity index (χ0v) is 14.5. The van der Waals surface area contributed by atoms with Gasteiger partial charge in [-0.3, -0.25) is 9.80 Å². The van der Waals surface area contributed by atoms with Crippen LogP contribution in [0.25, 0.3) is 11.5 Å². The van der Waals surface area contributed by atoms with Crippen LogP contribution in [0.4, 0.5) is 0 Å². The van der Waals surface area contributed by atoms with Crippen molar-refractivity contribution in [3.05, 3.63) is 35.7 Å². The molecule has 3 atom stereocenters. The molecule has 1 aromatic carbocycles. The normalized spacial score (nSPS) is 26.5. The summed E-state index contributed by atoms with van der Waals surface area (Å²) in [5, 5.41) is 8.51. The molecular formula is C18H24N4O2. The number of fused-ring (bicyclic) bond motifs is 1. The van der Waals surface area contributed by atoms with Crippen molar-refractivity contribution in [2.75, 3.05) is 33.3 Å². The molecule has 2 aliphatic rings. The standard InChI is InChI=1S/C18H24N4O2/c1-12-4-6-14(7-5-12)18-20-19-17(24-18)13(2)22-10-15-16(11-22)23-9-8-21(15)3/h4-7,13,15-16H,8-11H2,1-3H3/t13-,15-,16-/m0/s1. The van der Waals surface area contributed by atoms with E-state index < -0.39 is 0 Å². The number of likely N-dealkylation sites (N-methyl/N-ethyl adjacent to an activating group) is 1. The van der Waals surface area contributed by atoms with Crippen molar-refractivity contribution in [1.82, 2.24) is 20.0 Å². The van der Waals surface area contributed by atoms with Gasteiger partial charge in [0, 0.05) is 31.2 Å². The van der Waals surface area contributed by atoms with Gasteiger partial charge in [-0.1, -0.05) is 17.7 Å². The number of aromatic nitrogens is 2. The second-order valence-electron chi connectivity index (χ2n) is 6.90. The highest BCUT2D eigenvalue weighted by Crippen LogP contribution is 2.30. The largest absolute Gasteiger partial charge is 0.419 e. The molecule has 0 aliphatic carbocycles. The number of hydrogen-bond donors (Lipinski definition) is 0. The number of likely N-dealkylation sites (tertiary alicyclic amines) is 1. The fourth-order valence-electron chi connectivity index (χ4n) is 3.57. The summed E-state index contributed by atoms with van der Waals surface area (Å²) in [6.45, 7) is 7.91. The van der Waals surface area contributed by atoms with Gasteiger partial charge in [-0.15, -0.1) is 10.2 Å². The third-order valence-electron chi connectivity index (χ3n) is 5.25. The Bertz CT molecular complexity index is 699. The van der Waals surface area contributed by atoms with E-state index in [0.717, 1.165) is 31.8 Å². The second kappa shape index (κ2) is 6.27. The van der Waals surface area contributed by atoms with E-state index in [1.165, 1.54) is 5.56 Å². The molecule has 0 N–H and O–H groups in total. The van der Waals surface area contributed by atoms with Crippen LogP contribution in [0, 0.1) is 6.92 Å². The lowest BCUT2D eigenvalue weighted by Crippen LogP contribution is -2.48. The van der Waals surface area contributed by atoms with Gasteiger partial charge >= 0.3 is 0 Å². The minimum absolute atomic E-state index is 0.0966. The first kappa shape index (κ1) is 15.7. The van der Waals surface area contributed by atoms with Crippen LogP contribution in [0.3, 0.4) is 0 Å². The topological polar surface area (TPSA) is 54.6 Å². The molecule has 1 aromatic heterocycles. The first-order valence-electron chi connectivity index (χ1n) is 8.58. The van der Waals surface area contributed by atoms with Crippen LogP contribution in [0.15, 0.2) is 28.7 Å². The Labute approximate surface area is 142 Å². The van der Waals surface area contributed by atoms with Crippen LogP contribution >= 0.6 is 0 Å². The van der Waals surface area contributed by atoms with Gasteiger partial charge in [0.2, 0.25) is 11.8 Å². The summed E-state index contributed by atoms with van der Waals surface area (Å²) < 4.78 is 11.9. The Hall–Kier alpha value is -1.76. The lowest BCUT2D eigenvalue weighted by atomic mass is 10.1. The van der Waals surface area contributed by atoms with Gasteiger partial charge in [-0.05, 0) is 33.0 Å². The van der Waals surface area contributed by atoms with E-state index in [1.807, 2.05) is 12.1 Å². The van der Waals surface area contributed by atoms with Crippen LogP contribution in [0.2, 0.25) is 0 Å². The van der Waals surface area contributed by atoms with Crippen LogP contribution < -0.4 is 0 Å². The van der Waals surface area contributed by atoms with Crippen LogP contribution in [0.1, 0.15) is 24.4 Å². The third kappa shape index (κ3) is 2.85. The van der Waals surface area contributed by atoms with Gasteiger partial charge in [0.05, 0.1) is 18.8 Å². The molecular weight excluding hydrogens is 304 g/mol. The molecule has 24 heavy (non-hydrogen) atoms. The first-order valence-corrected chi connectivity index (χ1v) is 8.58. The van der Waals surface area contributed by atoms with E-state index in [4.69, 9.17) is 9.15 Å². The maximum absolute atomic E-state index is 5.95. The monoisotopic (exact) mass is 328 g/mol. The van der Waals surface area contributed by atoms with E-state index in [-0.39, 0.29) is 12.1 Å². The predicted molar refractivity (Wildman–Crippen MR) is 90.6 cm³/mol.